The number of hydrogen-bond acceptors (Lipinski definition) is 3. The van der Waals surface area contributed by atoms with Gasteiger partial charge in [-0.2, -0.15) is 8.78 Å². The van der Waals surface area contributed by atoms with E-state index in [4.69, 9.17) is 0 Å². The number of likely N-dealkylation sites (tertiary alicyclic amines) is 1. The van der Waals surface area contributed by atoms with E-state index in [2.05, 4.69) is 0 Å². The molecule has 2 atom stereocenters. The molecule has 22 heavy (non-hydrogen) atoms. The van der Waals surface area contributed by atoms with Crippen molar-refractivity contribution < 1.29 is 23.5 Å². The maximum absolute atomic E-state index is 12.5. The Morgan fingerprint density at radius 3 is 2.50 bits per heavy atom. The first-order chi connectivity index (χ1) is 10.4. The number of carboxylic acids is 1. The number of alkyl halides is 2. The van der Waals surface area contributed by atoms with Crippen molar-refractivity contribution in [3.05, 3.63) is 29.8 Å². The third-order valence-electron chi connectivity index (χ3n) is 3.89. The maximum Gasteiger partial charge on any atom is 0.308 e. The summed E-state index contributed by atoms with van der Waals surface area (Å²) in [5.74, 6) is -4.22. The number of aliphatic carboxylic acids is 1. The molecule has 1 aromatic carbocycles. The van der Waals surface area contributed by atoms with Crippen LogP contribution in [-0.4, -0.2) is 40.2 Å². The summed E-state index contributed by atoms with van der Waals surface area (Å²) in [6.07, 6.45) is 1.20. The summed E-state index contributed by atoms with van der Waals surface area (Å²) in [5.41, 5.74) is 0.386. The zero-order valence-electron chi connectivity index (χ0n) is 12.0. The van der Waals surface area contributed by atoms with Gasteiger partial charge < -0.3 is 10.0 Å². The highest BCUT2D eigenvalue weighted by Gasteiger charge is 2.35. The normalized spacial score (nSPS) is 21.9. The number of thioether (sulfide) groups is 1. The Bertz CT molecular complexity index is 550. The van der Waals surface area contributed by atoms with Crippen LogP contribution in [0.1, 0.15) is 30.1 Å². The Balaban J connectivity index is 2.11. The topological polar surface area (TPSA) is 57.6 Å². The fraction of sp³-hybridized carbons (Fsp3) is 0.467. The van der Waals surface area contributed by atoms with Crippen molar-refractivity contribution >= 4 is 23.6 Å². The molecule has 4 nitrogen and oxygen atoms in total. The zero-order valence-corrected chi connectivity index (χ0v) is 12.9. The first-order valence-electron chi connectivity index (χ1n) is 6.99. The van der Waals surface area contributed by atoms with Crippen LogP contribution in [0.25, 0.3) is 0 Å². The van der Waals surface area contributed by atoms with Crippen LogP contribution in [-0.2, 0) is 4.79 Å². The second kappa shape index (κ2) is 7.09. The molecule has 1 aromatic rings. The van der Waals surface area contributed by atoms with E-state index >= 15 is 0 Å². The summed E-state index contributed by atoms with van der Waals surface area (Å²) in [5, 5.41) is 9.19. The van der Waals surface area contributed by atoms with Crippen molar-refractivity contribution in [3.63, 3.8) is 0 Å². The Labute approximate surface area is 131 Å². The smallest absolute Gasteiger partial charge is 0.308 e. The van der Waals surface area contributed by atoms with Gasteiger partial charge in [0.15, 0.2) is 0 Å². The van der Waals surface area contributed by atoms with Gasteiger partial charge in [-0.05, 0) is 44.0 Å². The number of amides is 1. The largest absolute Gasteiger partial charge is 0.481 e. The van der Waals surface area contributed by atoms with Crippen molar-refractivity contribution in [2.45, 2.75) is 36.5 Å². The SMILES string of the molecule is C[C@@H]1[C@H](C(=O)O)CCCN1C(=O)c1ccc(SC(F)F)cc1. The summed E-state index contributed by atoms with van der Waals surface area (Å²) in [4.78, 5) is 25.6. The lowest BCUT2D eigenvalue weighted by Crippen LogP contribution is -2.49. The minimum absolute atomic E-state index is 0.257. The van der Waals surface area contributed by atoms with E-state index in [1.54, 1.807) is 11.8 Å². The summed E-state index contributed by atoms with van der Waals surface area (Å²) in [7, 11) is 0. The molecule has 0 aliphatic carbocycles. The van der Waals surface area contributed by atoms with Crippen LogP contribution in [0.2, 0.25) is 0 Å². The molecule has 120 valence electrons. The summed E-state index contributed by atoms with van der Waals surface area (Å²) < 4.78 is 24.5. The highest BCUT2D eigenvalue weighted by atomic mass is 32.2. The van der Waals surface area contributed by atoms with Gasteiger partial charge >= 0.3 is 5.97 Å². The zero-order chi connectivity index (χ0) is 16.3. The molecule has 7 heteroatoms. The quantitative estimate of drug-likeness (QED) is 0.861. The lowest BCUT2D eigenvalue weighted by Gasteiger charge is -2.37. The van der Waals surface area contributed by atoms with E-state index in [0.29, 0.717) is 41.6 Å². The maximum atomic E-state index is 12.5. The minimum Gasteiger partial charge on any atom is -0.481 e. The van der Waals surface area contributed by atoms with E-state index in [9.17, 15) is 23.5 Å². The van der Waals surface area contributed by atoms with Gasteiger partial charge in [0, 0.05) is 23.0 Å². The number of halogens is 2. The standard InChI is InChI=1S/C15H17F2NO3S/c1-9-12(14(20)21)3-2-8-18(9)13(19)10-4-6-11(7-5-10)22-15(16)17/h4-7,9,12,15H,2-3,8H2,1H3,(H,20,21)/t9-,12-/m1/s1. The number of hydrogen-bond donors (Lipinski definition) is 1. The van der Waals surface area contributed by atoms with Crippen LogP contribution >= 0.6 is 11.8 Å². The summed E-state index contributed by atoms with van der Waals surface area (Å²) in [6.45, 7) is 2.24. The van der Waals surface area contributed by atoms with Crippen LogP contribution in [0.5, 0.6) is 0 Å². The van der Waals surface area contributed by atoms with E-state index in [-0.39, 0.29) is 11.9 Å². The van der Waals surface area contributed by atoms with Gasteiger partial charge in [0.05, 0.1) is 5.92 Å². The highest BCUT2D eigenvalue weighted by molar-refractivity contribution is 7.99. The van der Waals surface area contributed by atoms with Crippen LogP contribution in [0, 0.1) is 5.92 Å². The molecular formula is C15H17F2NO3S. The number of carbonyl (C=O) groups excluding carboxylic acids is 1. The number of piperidine rings is 1. The molecule has 1 aliphatic heterocycles. The molecule has 1 fully saturated rings. The van der Waals surface area contributed by atoms with E-state index < -0.39 is 17.6 Å². The second-order valence-corrected chi connectivity index (χ2v) is 6.29. The van der Waals surface area contributed by atoms with Gasteiger partial charge in [0.25, 0.3) is 11.7 Å². The van der Waals surface area contributed by atoms with Crippen molar-refractivity contribution in [1.29, 1.82) is 0 Å². The fourth-order valence-corrected chi connectivity index (χ4v) is 3.20. The average Bonchev–Trinajstić information content (AvgIpc) is 2.46. The molecule has 0 bridgehead atoms. The van der Waals surface area contributed by atoms with Crippen LogP contribution in [0.4, 0.5) is 8.78 Å². The molecule has 1 N–H and O–H groups in total. The first kappa shape index (κ1) is 16.7. The van der Waals surface area contributed by atoms with Gasteiger partial charge in [-0.1, -0.05) is 11.8 Å². The third-order valence-corrected chi connectivity index (χ3v) is 4.62. The molecule has 0 saturated carbocycles. The monoisotopic (exact) mass is 329 g/mol. The Hall–Kier alpha value is -1.63. The lowest BCUT2D eigenvalue weighted by molar-refractivity contribution is -0.144. The molecule has 0 unspecified atom stereocenters. The van der Waals surface area contributed by atoms with Gasteiger partial charge in [-0.15, -0.1) is 0 Å². The molecule has 1 heterocycles. The molecule has 1 aliphatic rings. The number of rotatable bonds is 4. The Kier molecular flexibility index (Phi) is 5.39. The third kappa shape index (κ3) is 3.76. The minimum atomic E-state index is -2.50. The van der Waals surface area contributed by atoms with E-state index in [1.165, 1.54) is 24.3 Å². The van der Waals surface area contributed by atoms with E-state index in [1.807, 2.05) is 0 Å². The van der Waals surface area contributed by atoms with Crippen molar-refractivity contribution in [3.8, 4) is 0 Å². The second-order valence-electron chi connectivity index (χ2n) is 5.23. The number of carbonyl (C=O) groups is 2. The number of nitrogens with zero attached hydrogens (tertiary/aromatic N) is 1. The van der Waals surface area contributed by atoms with Gasteiger partial charge in [0.1, 0.15) is 0 Å². The van der Waals surface area contributed by atoms with E-state index in [0.717, 1.165) is 0 Å². The molecule has 1 saturated heterocycles. The molecular weight excluding hydrogens is 312 g/mol. The van der Waals surface area contributed by atoms with Gasteiger partial charge in [-0.25, -0.2) is 0 Å². The van der Waals surface area contributed by atoms with Gasteiger partial charge in [0.2, 0.25) is 0 Å². The predicted molar refractivity (Wildman–Crippen MR) is 79.2 cm³/mol. The van der Waals surface area contributed by atoms with Crippen molar-refractivity contribution in [2.24, 2.45) is 5.92 Å². The first-order valence-corrected chi connectivity index (χ1v) is 7.86. The molecule has 2 rings (SSSR count). The molecule has 1 amide bonds. The lowest BCUT2D eigenvalue weighted by atomic mass is 9.90. The number of carboxylic acid groups (broad SMARTS) is 1. The molecule has 0 spiro atoms. The van der Waals surface area contributed by atoms with Crippen LogP contribution in [0.15, 0.2) is 29.2 Å². The summed E-state index contributed by atoms with van der Waals surface area (Å²) in [6, 6.07) is 5.59. The Morgan fingerprint density at radius 2 is 1.95 bits per heavy atom. The summed E-state index contributed by atoms with van der Waals surface area (Å²) >= 11 is 0.423. The Morgan fingerprint density at radius 1 is 1.32 bits per heavy atom. The predicted octanol–water partition coefficient (Wildman–Crippen LogP) is 3.33. The molecule has 0 aromatic heterocycles. The van der Waals surface area contributed by atoms with Crippen LogP contribution < -0.4 is 0 Å². The fourth-order valence-electron chi connectivity index (χ4n) is 2.70. The average molecular weight is 329 g/mol. The van der Waals surface area contributed by atoms with Gasteiger partial charge in [-0.3, -0.25) is 9.59 Å². The van der Waals surface area contributed by atoms with Crippen molar-refractivity contribution in [2.75, 3.05) is 6.54 Å². The highest BCUT2D eigenvalue weighted by Crippen LogP contribution is 2.28. The van der Waals surface area contributed by atoms with Crippen molar-refractivity contribution in [1.82, 2.24) is 4.90 Å². The number of benzene rings is 1. The van der Waals surface area contributed by atoms with Crippen LogP contribution in [0.3, 0.4) is 0 Å². The molecule has 0 radical (unpaired) electrons.